The first-order valence-electron chi connectivity index (χ1n) is 7.40. The molecule has 126 valence electrons. The number of ether oxygens (including phenoxy) is 1. The third-order valence-electron chi connectivity index (χ3n) is 4.68. The normalized spacial score (nSPS) is 41.7. The zero-order chi connectivity index (χ0) is 16.5. The van der Waals surface area contributed by atoms with Gasteiger partial charge in [-0.2, -0.15) is 0 Å². The molecule has 0 spiro atoms. The summed E-state index contributed by atoms with van der Waals surface area (Å²) in [4.78, 5) is 11.5. The predicted octanol–water partition coefficient (Wildman–Crippen LogP) is 3.74. The number of alkyl halides is 5. The van der Waals surface area contributed by atoms with Gasteiger partial charge in [-0.05, 0) is 25.7 Å². The standard InChI is InChI=1S/C15H19F5O2/c1-2-8(21)22-15(6-4-3-5-7-15)9-10(16)12(18)14(20)13(19)11(9)17/h2,9-14H,1,3-7H2. The molecule has 2 aliphatic carbocycles. The van der Waals surface area contributed by atoms with Crippen molar-refractivity contribution in [3.8, 4) is 0 Å². The summed E-state index contributed by atoms with van der Waals surface area (Å²) in [7, 11) is 0. The Balaban J connectivity index is 2.36. The van der Waals surface area contributed by atoms with Crippen molar-refractivity contribution in [1.82, 2.24) is 0 Å². The second-order valence-electron chi connectivity index (χ2n) is 6.00. The van der Waals surface area contributed by atoms with Gasteiger partial charge in [0.05, 0.1) is 5.92 Å². The lowest BCUT2D eigenvalue weighted by molar-refractivity contribution is -0.197. The minimum Gasteiger partial charge on any atom is -0.455 e. The van der Waals surface area contributed by atoms with Crippen molar-refractivity contribution in [1.29, 1.82) is 0 Å². The quantitative estimate of drug-likeness (QED) is 0.449. The molecule has 0 saturated heterocycles. The van der Waals surface area contributed by atoms with Crippen molar-refractivity contribution in [3.05, 3.63) is 12.7 Å². The van der Waals surface area contributed by atoms with Crippen LogP contribution in [0.1, 0.15) is 32.1 Å². The highest BCUT2D eigenvalue weighted by atomic mass is 19.2. The van der Waals surface area contributed by atoms with Crippen LogP contribution in [-0.4, -0.2) is 42.4 Å². The van der Waals surface area contributed by atoms with Gasteiger partial charge < -0.3 is 4.74 Å². The molecule has 7 heteroatoms. The van der Waals surface area contributed by atoms with Crippen LogP contribution in [0.5, 0.6) is 0 Å². The zero-order valence-electron chi connectivity index (χ0n) is 12.0. The monoisotopic (exact) mass is 326 g/mol. The summed E-state index contributed by atoms with van der Waals surface area (Å²) >= 11 is 0. The van der Waals surface area contributed by atoms with E-state index in [0.717, 1.165) is 12.5 Å². The van der Waals surface area contributed by atoms with Crippen molar-refractivity contribution in [2.75, 3.05) is 0 Å². The maximum absolute atomic E-state index is 14.3. The first-order chi connectivity index (χ1) is 10.3. The van der Waals surface area contributed by atoms with Crippen LogP contribution < -0.4 is 0 Å². The Morgan fingerprint density at radius 1 is 0.909 bits per heavy atom. The highest BCUT2D eigenvalue weighted by Crippen LogP contribution is 2.48. The molecule has 2 fully saturated rings. The Labute approximate surface area is 125 Å². The van der Waals surface area contributed by atoms with Crippen LogP contribution in [0.4, 0.5) is 22.0 Å². The third-order valence-corrected chi connectivity index (χ3v) is 4.68. The SMILES string of the molecule is C=CC(=O)OC1(C2C(F)C(F)C(F)C(F)C2F)CCCCC1. The Bertz CT molecular complexity index is 408. The van der Waals surface area contributed by atoms with Gasteiger partial charge in [0, 0.05) is 6.08 Å². The number of carbonyl (C=O) groups is 1. The number of esters is 1. The van der Waals surface area contributed by atoms with Crippen LogP contribution in [0, 0.1) is 5.92 Å². The van der Waals surface area contributed by atoms with E-state index in [1.54, 1.807) is 0 Å². The molecule has 0 amide bonds. The van der Waals surface area contributed by atoms with E-state index >= 15 is 0 Å². The van der Waals surface area contributed by atoms with Gasteiger partial charge in [-0.25, -0.2) is 26.7 Å². The molecular weight excluding hydrogens is 307 g/mol. The molecule has 2 nitrogen and oxygen atoms in total. The van der Waals surface area contributed by atoms with Crippen molar-refractivity contribution in [2.24, 2.45) is 5.92 Å². The first kappa shape index (κ1) is 17.2. The van der Waals surface area contributed by atoms with Crippen molar-refractivity contribution < 1.29 is 31.5 Å². The Kier molecular flexibility index (Phi) is 5.12. The highest BCUT2D eigenvalue weighted by Gasteiger charge is 2.61. The first-order valence-corrected chi connectivity index (χ1v) is 7.40. The predicted molar refractivity (Wildman–Crippen MR) is 70.1 cm³/mol. The number of hydrogen-bond donors (Lipinski definition) is 0. The molecule has 0 aliphatic heterocycles. The molecule has 0 aromatic carbocycles. The van der Waals surface area contributed by atoms with Crippen molar-refractivity contribution in [3.63, 3.8) is 0 Å². The van der Waals surface area contributed by atoms with Crippen LogP contribution in [0.25, 0.3) is 0 Å². The van der Waals surface area contributed by atoms with Crippen LogP contribution in [0.2, 0.25) is 0 Å². The lowest BCUT2D eigenvalue weighted by atomic mass is 9.66. The average molecular weight is 326 g/mol. The third kappa shape index (κ3) is 2.86. The van der Waals surface area contributed by atoms with E-state index in [9.17, 15) is 26.7 Å². The highest BCUT2D eigenvalue weighted by molar-refractivity contribution is 5.81. The summed E-state index contributed by atoms with van der Waals surface area (Å²) in [6.07, 6.45) is -10.7. The second kappa shape index (κ2) is 6.54. The number of rotatable bonds is 3. The number of carbonyl (C=O) groups excluding carboxylic acids is 1. The van der Waals surface area contributed by atoms with Gasteiger partial charge in [-0.1, -0.05) is 13.0 Å². The summed E-state index contributed by atoms with van der Waals surface area (Å²) in [5.74, 6) is -2.76. The molecule has 2 aliphatic rings. The number of hydrogen-bond acceptors (Lipinski definition) is 2. The summed E-state index contributed by atoms with van der Waals surface area (Å²) < 4.78 is 74.3. The fraction of sp³-hybridized carbons (Fsp3) is 0.800. The molecule has 0 aromatic rings. The molecule has 22 heavy (non-hydrogen) atoms. The van der Waals surface area contributed by atoms with Gasteiger partial charge in [0.25, 0.3) is 0 Å². The lowest BCUT2D eigenvalue weighted by Crippen LogP contribution is -2.62. The van der Waals surface area contributed by atoms with Crippen molar-refractivity contribution in [2.45, 2.75) is 68.6 Å². The molecule has 0 aromatic heterocycles. The van der Waals surface area contributed by atoms with E-state index in [4.69, 9.17) is 4.74 Å². The summed E-state index contributed by atoms with van der Waals surface area (Å²) in [6.45, 7) is 3.21. The van der Waals surface area contributed by atoms with Crippen molar-refractivity contribution >= 4 is 5.97 Å². The van der Waals surface area contributed by atoms with E-state index < -0.39 is 48.3 Å². The van der Waals surface area contributed by atoms with Crippen LogP contribution in [0.3, 0.4) is 0 Å². The van der Waals surface area contributed by atoms with Crippen LogP contribution in [-0.2, 0) is 9.53 Å². The molecule has 0 bridgehead atoms. The summed E-state index contributed by atoms with van der Waals surface area (Å²) in [5, 5.41) is 0. The minimum atomic E-state index is -2.85. The molecule has 0 heterocycles. The zero-order valence-corrected chi connectivity index (χ0v) is 12.0. The molecular formula is C15H19F5O2. The van der Waals surface area contributed by atoms with Gasteiger partial charge in [-0.3, -0.25) is 0 Å². The van der Waals surface area contributed by atoms with E-state index in [0.29, 0.717) is 12.8 Å². The molecule has 0 radical (unpaired) electrons. The molecule has 0 N–H and O–H groups in total. The van der Waals surface area contributed by atoms with Gasteiger partial charge in [0.15, 0.2) is 18.5 Å². The Hall–Kier alpha value is -1.14. The smallest absolute Gasteiger partial charge is 0.330 e. The van der Waals surface area contributed by atoms with E-state index in [2.05, 4.69) is 6.58 Å². The maximum Gasteiger partial charge on any atom is 0.330 e. The largest absolute Gasteiger partial charge is 0.455 e. The van der Waals surface area contributed by atoms with Gasteiger partial charge in [-0.15, -0.1) is 0 Å². The van der Waals surface area contributed by atoms with Crippen LogP contribution >= 0.6 is 0 Å². The van der Waals surface area contributed by atoms with E-state index in [-0.39, 0.29) is 12.8 Å². The maximum atomic E-state index is 14.3. The molecule has 4 atom stereocenters. The van der Waals surface area contributed by atoms with Gasteiger partial charge >= 0.3 is 5.97 Å². The fourth-order valence-corrected chi connectivity index (χ4v) is 3.57. The van der Waals surface area contributed by atoms with E-state index in [1.807, 2.05) is 0 Å². The molecule has 2 rings (SSSR count). The van der Waals surface area contributed by atoms with E-state index in [1.165, 1.54) is 0 Å². The van der Waals surface area contributed by atoms with Gasteiger partial charge in [0.1, 0.15) is 17.9 Å². The minimum absolute atomic E-state index is 0.0917. The van der Waals surface area contributed by atoms with Gasteiger partial charge in [0.2, 0.25) is 0 Å². The number of halogens is 5. The van der Waals surface area contributed by atoms with Crippen LogP contribution in [0.15, 0.2) is 12.7 Å². The average Bonchev–Trinajstić information content (AvgIpc) is 2.52. The summed E-state index contributed by atoms with van der Waals surface area (Å²) in [5.41, 5.74) is -1.66. The second-order valence-corrected chi connectivity index (χ2v) is 6.00. The lowest BCUT2D eigenvalue weighted by Gasteiger charge is -2.48. The fourth-order valence-electron chi connectivity index (χ4n) is 3.57. The Morgan fingerprint density at radius 3 is 1.82 bits per heavy atom. The molecule has 4 unspecified atom stereocenters. The molecule has 2 saturated carbocycles. The topological polar surface area (TPSA) is 26.3 Å². The summed E-state index contributed by atoms with van der Waals surface area (Å²) in [6, 6.07) is 0. The Morgan fingerprint density at radius 2 is 1.36 bits per heavy atom.